The fraction of sp³-hybridized carbons (Fsp3) is 0.222. The molecule has 0 aliphatic rings. The lowest BCUT2D eigenvalue weighted by molar-refractivity contribution is 0.684. The molecule has 0 aliphatic heterocycles. The van der Waals surface area contributed by atoms with Crippen LogP contribution in [0.15, 0.2) is 53.4 Å². The number of hydrogen-bond donors (Lipinski definition) is 1. The van der Waals surface area contributed by atoms with Crippen LogP contribution in [0.4, 0.5) is 0 Å². The predicted octanol–water partition coefficient (Wildman–Crippen LogP) is 4.43. The molecular formula is C18H23NOS. The summed E-state index contributed by atoms with van der Waals surface area (Å²) in [5.41, 5.74) is 3.48. The normalized spacial score (nSPS) is 11.8. The van der Waals surface area contributed by atoms with Gasteiger partial charge in [0.05, 0.1) is 4.90 Å². The maximum atomic E-state index is 11.2. The smallest absolute Gasteiger partial charge is 0.122 e. The Balaban J connectivity index is 0.00000106. The van der Waals surface area contributed by atoms with Gasteiger partial charge in [0.25, 0.3) is 0 Å². The van der Waals surface area contributed by atoms with Gasteiger partial charge in [-0.05, 0) is 35.2 Å². The van der Waals surface area contributed by atoms with Gasteiger partial charge in [-0.2, -0.15) is 0 Å². The van der Waals surface area contributed by atoms with Crippen LogP contribution < -0.4 is 5.14 Å². The second-order valence-electron chi connectivity index (χ2n) is 4.30. The summed E-state index contributed by atoms with van der Waals surface area (Å²) in [6.45, 7) is 6.14. The van der Waals surface area contributed by atoms with E-state index in [1.54, 1.807) is 6.07 Å². The Morgan fingerprint density at radius 3 is 2.19 bits per heavy atom. The molecule has 0 bridgehead atoms. The third-order valence-electron chi connectivity index (χ3n) is 2.95. The first-order valence-electron chi connectivity index (χ1n) is 7.22. The molecule has 2 nitrogen and oxygen atoms in total. The van der Waals surface area contributed by atoms with Crippen LogP contribution in [0.25, 0.3) is 12.2 Å². The van der Waals surface area contributed by atoms with Crippen LogP contribution in [-0.2, 0) is 17.4 Å². The molecule has 2 aromatic carbocycles. The first-order valence-corrected chi connectivity index (χ1v) is 8.43. The minimum Gasteiger partial charge on any atom is -0.248 e. The molecule has 2 N–H and O–H groups in total. The number of benzene rings is 2. The molecule has 1 unspecified atom stereocenters. The highest BCUT2D eigenvalue weighted by Crippen LogP contribution is 2.12. The highest BCUT2D eigenvalue weighted by Gasteiger charge is 1.97. The summed E-state index contributed by atoms with van der Waals surface area (Å²) in [6, 6.07) is 15.9. The van der Waals surface area contributed by atoms with Crippen molar-refractivity contribution >= 4 is 23.1 Å². The van der Waals surface area contributed by atoms with Crippen molar-refractivity contribution in [3.63, 3.8) is 0 Å². The van der Waals surface area contributed by atoms with Crippen molar-refractivity contribution in [3.05, 3.63) is 65.2 Å². The van der Waals surface area contributed by atoms with Crippen molar-refractivity contribution in [1.29, 1.82) is 0 Å². The van der Waals surface area contributed by atoms with Crippen LogP contribution in [0.3, 0.4) is 0 Å². The monoisotopic (exact) mass is 301 g/mol. The predicted molar refractivity (Wildman–Crippen MR) is 93.1 cm³/mol. The lowest BCUT2D eigenvalue weighted by Gasteiger charge is -1.99. The van der Waals surface area contributed by atoms with Gasteiger partial charge in [-0.1, -0.05) is 69.3 Å². The van der Waals surface area contributed by atoms with Gasteiger partial charge in [0.1, 0.15) is 11.0 Å². The molecule has 0 saturated heterocycles. The Labute approximate surface area is 130 Å². The van der Waals surface area contributed by atoms with Crippen molar-refractivity contribution in [2.24, 2.45) is 5.14 Å². The maximum absolute atomic E-state index is 11.2. The summed E-state index contributed by atoms with van der Waals surface area (Å²) in [6.07, 6.45) is 5.09. The standard InChI is InChI=1S/C16H17NOS.C2H6/c1-2-13-6-8-14(9-7-13)10-11-15-4-3-5-16(12-15)19(17)18;1-2/h3-12H,2,17H2,1H3;1-2H3/b11-10+;. The van der Waals surface area contributed by atoms with E-state index < -0.39 is 11.0 Å². The zero-order valence-corrected chi connectivity index (χ0v) is 13.7. The van der Waals surface area contributed by atoms with Gasteiger partial charge in [-0.15, -0.1) is 0 Å². The van der Waals surface area contributed by atoms with Gasteiger partial charge in [0, 0.05) is 0 Å². The van der Waals surface area contributed by atoms with Crippen LogP contribution in [-0.4, -0.2) is 4.21 Å². The SMILES string of the molecule is CC.CCc1ccc(/C=C/c2cccc(S(N)=O)c2)cc1. The van der Waals surface area contributed by atoms with E-state index in [1.807, 2.05) is 44.2 Å². The maximum Gasteiger partial charge on any atom is 0.122 e. The van der Waals surface area contributed by atoms with Crippen molar-refractivity contribution < 1.29 is 4.21 Å². The summed E-state index contributed by atoms with van der Waals surface area (Å²) in [4.78, 5) is 0.642. The molecule has 2 aromatic rings. The van der Waals surface area contributed by atoms with Gasteiger partial charge in [-0.25, -0.2) is 9.35 Å². The number of nitrogens with two attached hydrogens (primary N) is 1. The van der Waals surface area contributed by atoms with E-state index in [-0.39, 0.29) is 0 Å². The molecule has 0 aromatic heterocycles. The Morgan fingerprint density at radius 1 is 1.00 bits per heavy atom. The highest BCUT2D eigenvalue weighted by molar-refractivity contribution is 7.82. The molecule has 0 radical (unpaired) electrons. The number of rotatable bonds is 4. The van der Waals surface area contributed by atoms with Gasteiger partial charge in [0.15, 0.2) is 0 Å². The molecule has 1 atom stereocenters. The minimum absolute atomic E-state index is 0.642. The third kappa shape index (κ3) is 5.66. The molecule has 0 amide bonds. The van der Waals surface area contributed by atoms with Crippen LogP contribution >= 0.6 is 0 Å². The molecule has 0 saturated carbocycles. The van der Waals surface area contributed by atoms with Crippen LogP contribution in [0.2, 0.25) is 0 Å². The van der Waals surface area contributed by atoms with E-state index in [9.17, 15) is 4.21 Å². The molecule has 2 rings (SSSR count). The molecule has 21 heavy (non-hydrogen) atoms. The fourth-order valence-corrected chi connectivity index (χ4v) is 2.27. The Hall–Kier alpha value is -1.71. The third-order valence-corrected chi connectivity index (χ3v) is 3.67. The van der Waals surface area contributed by atoms with Crippen LogP contribution in [0.5, 0.6) is 0 Å². The summed E-state index contributed by atoms with van der Waals surface area (Å²) >= 11 is 0. The number of aryl methyl sites for hydroxylation is 1. The average molecular weight is 301 g/mol. The molecule has 0 heterocycles. The van der Waals surface area contributed by atoms with Crippen molar-refractivity contribution in [2.75, 3.05) is 0 Å². The molecule has 0 fully saturated rings. The van der Waals surface area contributed by atoms with E-state index in [4.69, 9.17) is 5.14 Å². The first-order chi connectivity index (χ1) is 10.2. The Morgan fingerprint density at radius 2 is 1.62 bits per heavy atom. The van der Waals surface area contributed by atoms with Crippen LogP contribution in [0, 0.1) is 0 Å². The van der Waals surface area contributed by atoms with Crippen LogP contribution in [0.1, 0.15) is 37.5 Å². The van der Waals surface area contributed by atoms with E-state index >= 15 is 0 Å². The zero-order chi connectivity index (χ0) is 15.7. The first kappa shape index (κ1) is 17.3. The Bertz CT molecular complexity index is 603. The van der Waals surface area contributed by atoms with Gasteiger partial charge < -0.3 is 0 Å². The molecule has 0 aliphatic carbocycles. The van der Waals surface area contributed by atoms with Crippen molar-refractivity contribution in [3.8, 4) is 0 Å². The summed E-state index contributed by atoms with van der Waals surface area (Å²) in [5.74, 6) is 0. The van der Waals surface area contributed by atoms with E-state index in [2.05, 4.69) is 31.2 Å². The zero-order valence-electron chi connectivity index (χ0n) is 12.9. The van der Waals surface area contributed by atoms with E-state index in [0.29, 0.717) is 4.90 Å². The average Bonchev–Trinajstić information content (AvgIpc) is 2.55. The van der Waals surface area contributed by atoms with Crippen molar-refractivity contribution in [1.82, 2.24) is 0 Å². The summed E-state index contributed by atoms with van der Waals surface area (Å²) in [5, 5.41) is 5.37. The van der Waals surface area contributed by atoms with E-state index in [0.717, 1.165) is 17.5 Å². The topological polar surface area (TPSA) is 43.1 Å². The molecule has 3 heteroatoms. The van der Waals surface area contributed by atoms with Gasteiger partial charge >= 0.3 is 0 Å². The van der Waals surface area contributed by atoms with E-state index in [1.165, 1.54) is 5.56 Å². The minimum atomic E-state index is -1.43. The largest absolute Gasteiger partial charge is 0.248 e. The van der Waals surface area contributed by atoms with Gasteiger partial charge in [-0.3, -0.25) is 0 Å². The second-order valence-corrected chi connectivity index (χ2v) is 5.36. The molecule has 0 spiro atoms. The fourth-order valence-electron chi connectivity index (χ4n) is 1.80. The quantitative estimate of drug-likeness (QED) is 0.834. The van der Waals surface area contributed by atoms with Crippen molar-refractivity contribution in [2.45, 2.75) is 32.1 Å². The Kier molecular flexibility index (Phi) is 7.65. The molecule has 112 valence electrons. The number of hydrogen-bond acceptors (Lipinski definition) is 1. The summed E-state index contributed by atoms with van der Waals surface area (Å²) in [7, 11) is -1.43. The highest BCUT2D eigenvalue weighted by atomic mass is 32.2. The van der Waals surface area contributed by atoms with Gasteiger partial charge in [0.2, 0.25) is 0 Å². The molecular weight excluding hydrogens is 278 g/mol. The second kappa shape index (κ2) is 9.27. The summed E-state index contributed by atoms with van der Waals surface area (Å²) < 4.78 is 11.2. The lowest BCUT2D eigenvalue weighted by Crippen LogP contribution is -2.02. The lowest BCUT2D eigenvalue weighted by atomic mass is 10.1.